The van der Waals surface area contributed by atoms with Crippen molar-refractivity contribution < 1.29 is 25.0 Å². The van der Waals surface area contributed by atoms with E-state index in [1.54, 1.807) is 0 Å². The highest BCUT2D eigenvalue weighted by atomic mass is 16.6. The predicted octanol–water partition coefficient (Wildman–Crippen LogP) is 1.01. The topological polar surface area (TPSA) is 99.4 Å². The van der Waals surface area contributed by atoms with Crippen molar-refractivity contribution in [2.75, 3.05) is 6.61 Å². The lowest BCUT2D eigenvalue weighted by molar-refractivity contribution is -0.142. The van der Waals surface area contributed by atoms with Crippen LogP contribution in [-0.2, 0) is 9.63 Å². The largest absolute Gasteiger partial charge is 0.479 e. The lowest BCUT2D eigenvalue weighted by atomic mass is 9.73. The standard InChI is InChI=1S/C14H23NO5/c1-2-9(16)4-3-8-5-10-11(14(8)19)6-12(10)15-20-7-13(17)18/h8-11,14,16,19H,2-7H2,1H3,(H,17,18). The third kappa shape index (κ3) is 3.30. The number of aliphatic carboxylic acids is 1. The van der Waals surface area contributed by atoms with Crippen molar-refractivity contribution in [3.05, 3.63) is 0 Å². The first kappa shape index (κ1) is 15.3. The number of aliphatic hydroxyl groups excluding tert-OH is 2. The molecule has 2 rings (SSSR count). The van der Waals surface area contributed by atoms with Crippen molar-refractivity contribution in [2.45, 2.75) is 51.2 Å². The maximum atomic E-state index is 10.3. The van der Waals surface area contributed by atoms with Gasteiger partial charge in [-0.3, -0.25) is 0 Å². The van der Waals surface area contributed by atoms with Crippen LogP contribution in [0.2, 0.25) is 0 Å². The van der Waals surface area contributed by atoms with Gasteiger partial charge >= 0.3 is 5.97 Å². The molecule has 2 saturated carbocycles. The Morgan fingerprint density at radius 2 is 2.30 bits per heavy atom. The molecule has 0 aliphatic heterocycles. The van der Waals surface area contributed by atoms with Crippen LogP contribution in [0.3, 0.4) is 0 Å². The van der Waals surface area contributed by atoms with E-state index in [0.717, 1.165) is 31.4 Å². The van der Waals surface area contributed by atoms with E-state index in [1.165, 1.54) is 0 Å². The zero-order chi connectivity index (χ0) is 14.7. The second-order valence-electron chi connectivity index (χ2n) is 5.85. The summed E-state index contributed by atoms with van der Waals surface area (Å²) in [6, 6.07) is 0. The van der Waals surface area contributed by atoms with Gasteiger partial charge in [0.15, 0.2) is 0 Å². The summed E-state index contributed by atoms with van der Waals surface area (Å²) in [6.45, 7) is 1.53. The highest BCUT2D eigenvalue weighted by Gasteiger charge is 2.51. The summed E-state index contributed by atoms with van der Waals surface area (Å²) in [7, 11) is 0. The number of carboxylic acids is 1. The molecule has 2 fully saturated rings. The van der Waals surface area contributed by atoms with Crippen molar-refractivity contribution in [2.24, 2.45) is 22.9 Å². The number of hydrogen-bond acceptors (Lipinski definition) is 5. The summed E-state index contributed by atoms with van der Waals surface area (Å²) in [6.07, 6.45) is 3.22. The molecule has 114 valence electrons. The maximum Gasteiger partial charge on any atom is 0.344 e. The van der Waals surface area contributed by atoms with Crippen molar-refractivity contribution in [3.8, 4) is 0 Å². The maximum absolute atomic E-state index is 10.3. The van der Waals surface area contributed by atoms with Gasteiger partial charge in [0.1, 0.15) is 0 Å². The van der Waals surface area contributed by atoms with Crippen molar-refractivity contribution in [1.29, 1.82) is 0 Å². The smallest absolute Gasteiger partial charge is 0.344 e. The number of nitrogens with zero attached hydrogens (tertiary/aromatic N) is 1. The Labute approximate surface area is 118 Å². The van der Waals surface area contributed by atoms with E-state index in [2.05, 4.69) is 5.16 Å². The van der Waals surface area contributed by atoms with Gasteiger partial charge in [-0.25, -0.2) is 4.79 Å². The van der Waals surface area contributed by atoms with Crippen LogP contribution in [0.4, 0.5) is 0 Å². The van der Waals surface area contributed by atoms with Crippen LogP contribution in [0.1, 0.15) is 39.0 Å². The summed E-state index contributed by atoms with van der Waals surface area (Å²) in [5, 5.41) is 32.2. The van der Waals surface area contributed by atoms with Crippen LogP contribution in [0, 0.1) is 17.8 Å². The minimum atomic E-state index is -1.04. The van der Waals surface area contributed by atoms with Gasteiger partial charge in [0.05, 0.1) is 17.9 Å². The fraction of sp³-hybridized carbons (Fsp3) is 0.857. The quantitative estimate of drug-likeness (QED) is 0.606. The Morgan fingerprint density at radius 3 is 2.95 bits per heavy atom. The normalized spacial score (nSPS) is 35.5. The molecule has 0 amide bonds. The summed E-state index contributed by atoms with van der Waals surface area (Å²) < 4.78 is 0. The second kappa shape index (κ2) is 6.54. The average molecular weight is 285 g/mol. The number of carbonyl (C=O) groups is 1. The number of hydrogen-bond donors (Lipinski definition) is 3. The van der Waals surface area contributed by atoms with Crippen molar-refractivity contribution >= 4 is 11.7 Å². The average Bonchev–Trinajstić information content (AvgIpc) is 2.63. The van der Waals surface area contributed by atoms with Gasteiger partial charge < -0.3 is 20.2 Å². The molecule has 0 spiro atoms. The summed E-state index contributed by atoms with van der Waals surface area (Å²) >= 11 is 0. The molecule has 0 aromatic heterocycles. The molecule has 0 aromatic rings. The monoisotopic (exact) mass is 285 g/mol. The van der Waals surface area contributed by atoms with Crippen LogP contribution in [0.25, 0.3) is 0 Å². The Kier molecular flexibility index (Phi) is 4.99. The van der Waals surface area contributed by atoms with Crippen LogP contribution in [0.15, 0.2) is 5.16 Å². The van der Waals surface area contributed by atoms with E-state index in [0.29, 0.717) is 6.42 Å². The first-order valence-electron chi connectivity index (χ1n) is 7.29. The lowest BCUT2D eigenvalue weighted by Gasteiger charge is -2.33. The van der Waals surface area contributed by atoms with Crippen LogP contribution in [-0.4, -0.2) is 45.8 Å². The summed E-state index contributed by atoms with van der Waals surface area (Å²) in [4.78, 5) is 15.1. The molecule has 6 nitrogen and oxygen atoms in total. The van der Waals surface area contributed by atoms with Gasteiger partial charge in [0.25, 0.3) is 0 Å². The summed E-state index contributed by atoms with van der Waals surface area (Å²) in [5.74, 6) is -0.380. The third-order valence-electron chi connectivity index (χ3n) is 4.58. The zero-order valence-corrected chi connectivity index (χ0v) is 11.7. The van der Waals surface area contributed by atoms with Crippen LogP contribution in [0.5, 0.6) is 0 Å². The molecular weight excluding hydrogens is 262 g/mol. The SMILES string of the molecule is CCC(O)CCC1CC2C(=NOCC(=O)O)CC2C1O. The molecule has 0 radical (unpaired) electrons. The first-order valence-corrected chi connectivity index (χ1v) is 7.29. The second-order valence-corrected chi connectivity index (χ2v) is 5.85. The van der Waals surface area contributed by atoms with Gasteiger partial charge in [-0.15, -0.1) is 0 Å². The van der Waals surface area contributed by atoms with Gasteiger partial charge in [0.2, 0.25) is 6.61 Å². The predicted molar refractivity (Wildman–Crippen MR) is 72.3 cm³/mol. The Balaban J connectivity index is 1.80. The van der Waals surface area contributed by atoms with Gasteiger partial charge in [-0.05, 0) is 43.9 Å². The molecule has 0 saturated heterocycles. The molecule has 6 heteroatoms. The Hall–Kier alpha value is -1.14. The molecule has 0 bridgehead atoms. The van der Waals surface area contributed by atoms with Crippen LogP contribution < -0.4 is 0 Å². The number of fused-ring (bicyclic) bond motifs is 1. The molecule has 3 N–H and O–H groups in total. The number of aliphatic hydroxyl groups is 2. The molecule has 0 aromatic carbocycles. The number of carboxylic acid groups (broad SMARTS) is 1. The van der Waals surface area contributed by atoms with Crippen molar-refractivity contribution in [1.82, 2.24) is 0 Å². The van der Waals surface area contributed by atoms with E-state index < -0.39 is 12.6 Å². The lowest BCUT2D eigenvalue weighted by Crippen LogP contribution is -2.38. The van der Waals surface area contributed by atoms with E-state index in [1.807, 2.05) is 6.92 Å². The molecule has 5 unspecified atom stereocenters. The van der Waals surface area contributed by atoms with E-state index in [9.17, 15) is 15.0 Å². The minimum Gasteiger partial charge on any atom is -0.479 e. The zero-order valence-electron chi connectivity index (χ0n) is 11.7. The molecule has 20 heavy (non-hydrogen) atoms. The highest BCUT2D eigenvalue weighted by molar-refractivity contribution is 5.93. The van der Waals surface area contributed by atoms with E-state index in [4.69, 9.17) is 9.94 Å². The Morgan fingerprint density at radius 1 is 1.55 bits per heavy atom. The van der Waals surface area contributed by atoms with Crippen LogP contribution >= 0.6 is 0 Å². The van der Waals surface area contributed by atoms with Gasteiger partial charge in [-0.2, -0.15) is 0 Å². The molecular formula is C14H23NO5. The minimum absolute atomic E-state index is 0.207. The Bertz CT molecular complexity index is 384. The fourth-order valence-corrected chi connectivity index (χ4v) is 3.28. The molecule has 2 aliphatic carbocycles. The van der Waals surface area contributed by atoms with E-state index in [-0.39, 0.29) is 30.0 Å². The number of oxime groups is 1. The molecule has 5 atom stereocenters. The van der Waals surface area contributed by atoms with Gasteiger partial charge in [0, 0.05) is 5.92 Å². The van der Waals surface area contributed by atoms with E-state index >= 15 is 0 Å². The molecule has 0 heterocycles. The first-order chi connectivity index (χ1) is 9.52. The fourth-order valence-electron chi connectivity index (χ4n) is 3.28. The third-order valence-corrected chi connectivity index (χ3v) is 4.58. The summed E-state index contributed by atoms with van der Waals surface area (Å²) in [5.41, 5.74) is 0.869. The highest BCUT2D eigenvalue weighted by Crippen LogP contribution is 2.49. The molecule has 2 aliphatic rings. The number of rotatable bonds is 7. The van der Waals surface area contributed by atoms with Gasteiger partial charge in [-0.1, -0.05) is 12.1 Å². The van der Waals surface area contributed by atoms with Crippen molar-refractivity contribution in [3.63, 3.8) is 0 Å².